The van der Waals surface area contributed by atoms with Crippen molar-refractivity contribution in [3.63, 3.8) is 0 Å². The fraction of sp³-hybridized carbons (Fsp3) is 0.500. The van der Waals surface area contributed by atoms with Gasteiger partial charge in [-0.05, 0) is 50.6 Å². The van der Waals surface area contributed by atoms with Gasteiger partial charge >= 0.3 is 0 Å². The summed E-state index contributed by atoms with van der Waals surface area (Å²) in [5, 5.41) is 3.83. The first-order chi connectivity index (χ1) is 7.44. The zero-order valence-electron chi connectivity index (χ0n) is 9.69. The highest BCUT2D eigenvalue weighted by molar-refractivity contribution is 6.30. The number of rotatable bonds is 5. The molecule has 16 heavy (non-hydrogen) atoms. The molecule has 0 aromatic heterocycles. The molecule has 0 bridgehead atoms. The van der Waals surface area contributed by atoms with Crippen molar-refractivity contribution in [1.82, 2.24) is 5.32 Å². The third kappa shape index (κ3) is 4.08. The molecule has 90 valence electrons. The summed E-state index contributed by atoms with van der Waals surface area (Å²) < 4.78 is 13.4. The van der Waals surface area contributed by atoms with Gasteiger partial charge in [-0.1, -0.05) is 11.6 Å². The Balaban J connectivity index is 2.52. The van der Waals surface area contributed by atoms with Gasteiger partial charge in [-0.25, -0.2) is 4.39 Å². The summed E-state index contributed by atoms with van der Waals surface area (Å²) in [7, 11) is 0. The van der Waals surface area contributed by atoms with Crippen LogP contribution in [0.25, 0.3) is 0 Å². The lowest BCUT2D eigenvalue weighted by molar-refractivity contribution is 0.400. The molecule has 0 aliphatic rings. The standard InChI is InChI=1S/C12H18ClFN2/c1-12(2,8-15)16-6-5-9-7-10(13)3-4-11(9)14/h3-4,7,16H,5-6,8,15H2,1-2H3. The maximum Gasteiger partial charge on any atom is 0.126 e. The highest BCUT2D eigenvalue weighted by atomic mass is 35.5. The third-order valence-corrected chi connectivity index (χ3v) is 2.75. The molecule has 1 aromatic carbocycles. The molecule has 0 spiro atoms. The quantitative estimate of drug-likeness (QED) is 0.835. The molecule has 3 N–H and O–H groups in total. The predicted molar refractivity (Wildman–Crippen MR) is 66.3 cm³/mol. The molecule has 0 aliphatic heterocycles. The van der Waals surface area contributed by atoms with Crippen molar-refractivity contribution in [1.29, 1.82) is 0 Å². The van der Waals surface area contributed by atoms with Crippen LogP contribution in [0, 0.1) is 5.82 Å². The molecule has 0 amide bonds. The SMILES string of the molecule is CC(C)(CN)NCCc1cc(Cl)ccc1F. The Morgan fingerprint density at radius 3 is 2.75 bits per heavy atom. The smallest absolute Gasteiger partial charge is 0.126 e. The highest BCUT2D eigenvalue weighted by Crippen LogP contribution is 2.15. The van der Waals surface area contributed by atoms with Gasteiger partial charge < -0.3 is 11.1 Å². The molecule has 0 fully saturated rings. The van der Waals surface area contributed by atoms with Crippen LogP contribution in [0.5, 0.6) is 0 Å². The van der Waals surface area contributed by atoms with Gasteiger partial charge in [0.1, 0.15) is 5.82 Å². The minimum Gasteiger partial charge on any atom is -0.329 e. The van der Waals surface area contributed by atoms with E-state index in [9.17, 15) is 4.39 Å². The van der Waals surface area contributed by atoms with Gasteiger partial charge in [0.15, 0.2) is 0 Å². The molecule has 0 radical (unpaired) electrons. The van der Waals surface area contributed by atoms with E-state index in [0.29, 0.717) is 30.1 Å². The largest absolute Gasteiger partial charge is 0.329 e. The van der Waals surface area contributed by atoms with E-state index in [0.717, 1.165) is 0 Å². The number of halogens is 2. The monoisotopic (exact) mass is 244 g/mol. The van der Waals surface area contributed by atoms with Crippen molar-refractivity contribution < 1.29 is 4.39 Å². The minimum atomic E-state index is -0.211. The zero-order chi connectivity index (χ0) is 12.2. The van der Waals surface area contributed by atoms with Crippen LogP contribution in [-0.4, -0.2) is 18.6 Å². The Hall–Kier alpha value is -0.640. The summed E-state index contributed by atoms with van der Waals surface area (Å²) >= 11 is 5.81. The molecule has 2 nitrogen and oxygen atoms in total. The van der Waals surface area contributed by atoms with Crippen LogP contribution >= 0.6 is 11.6 Å². The van der Waals surface area contributed by atoms with E-state index in [1.54, 1.807) is 12.1 Å². The maximum atomic E-state index is 13.4. The summed E-state index contributed by atoms with van der Waals surface area (Å²) in [6.45, 7) is 5.26. The summed E-state index contributed by atoms with van der Waals surface area (Å²) in [5.74, 6) is -0.211. The number of nitrogens with two attached hydrogens (primary N) is 1. The second kappa shape index (κ2) is 5.62. The minimum absolute atomic E-state index is 0.116. The molecule has 1 aromatic rings. The topological polar surface area (TPSA) is 38.0 Å². The lowest BCUT2D eigenvalue weighted by Gasteiger charge is -2.24. The first-order valence-corrected chi connectivity index (χ1v) is 5.71. The Bertz CT molecular complexity index is 353. The van der Waals surface area contributed by atoms with E-state index < -0.39 is 0 Å². The van der Waals surface area contributed by atoms with Gasteiger partial charge in [0.2, 0.25) is 0 Å². The average Bonchev–Trinajstić information content (AvgIpc) is 2.23. The first kappa shape index (κ1) is 13.4. The zero-order valence-corrected chi connectivity index (χ0v) is 10.4. The van der Waals surface area contributed by atoms with Crippen LogP contribution in [0.1, 0.15) is 19.4 Å². The average molecular weight is 245 g/mol. The van der Waals surface area contributed by atoms with Gasteiger partial charge in [0.25, 0.3) is 0 Å². The third-order valence-electron chi connectivity index (χ3n) is 2.52. The summed E-state index contributed by atoms with van der Waals surface area (Å²) in [4.78, 5) is 0. The number of benzene rings is 1. The Morgan fingerprint density at radius 1 is 1.44 bits per heavy atom. The van der Waals surface area contributed by atoms with Crippen molar-refractivity contribution >= 4 is 11.6 Å². The van der Waals surface area contributed by atoms with Crippen LogP contribution in [0.2, 0.25) is 5.02 Å². The van der Waals surface area contributed by atoms with Gasteiger partial charge in [0.05, 0.1) is 0 Å². The van der Waals surface area contributed by atoms with Crippen molar-refractivity contribution in [2.24, 2.45) is 5.73 Å². The maximum absolute atomic E-state index is 13.4. The fourth-order valence-electron chi connectivity index (χ4n) is 1.34. The summed E-state index contributed by atoms with van der Waals surface area (Å²) in [6, 6.07) is 4.61. The normalized spacial score (nSPS) is 11.8. The van der Waals surface area contributed by atoms with Crippen LogP contribution in [0.4, 0.5) is 4.39 Å². The summed E-state index contributed by atoms with van der Waals surface area (Å²) in [5.41, 5.74) is 6.10. The van der Waals surface area contributed by atoms with Gasteiger partial charge in [-0.2, -0.15) is 0 Å². The molecule has 1 rings (SSSR count). The van der Waals surface area contributed by atoms with Crippen molar-refractivity contribution in [3.05, 3.63) is 34.6 Å². The van der Waals surface area contributed by atoms with E-state index >= 15 is 0 Å². The molecular formula is C12H18ClFN2. The van der Waals surface area contributed by atoms with E-state index in [2.05, 4.69) is 5.32 Å². The van der Waals surface area contributed by atoms with Crippen LogP contribution < -0.4 is 11.1 Å². The molecular weight excluding hydrogens is 227 g/mol. The molecule has 0 unspecified atom stereocenters. The Labute approximate surface area is 101 Å². The lowest BCUT2D eigenvalue weighted by atomic mass is 10.1. The van der Waals surface area contributed by atoms with E-state index in [4.69, 9.17) is 17.3 Å². The Morgan fingerprint density at radius 2 is 2.12 bits per heavy atom. The van der Waals surface area contributed by atoms with Crippen LogP contribution in [-0.2, 0) is 6.42 Å². The summed E-state index contributed by atoms with van der Waals surface area (Å²) in [6.07, 6.45) is 0.607. The Kier molecular flexibility index (Phi) is 4.71. The van der Waals surface area contributed by atoms with E-state index in [1.165, 1.54) is 6.07 Å². The van der Waals surface area contributed by atoms with Gasteiger partial charge in [0, 0.05) is 17.1 Å². The number of hydrogen-bond acceptors (Lipinski definition) is 2. The van der Waals surface area contributed by atoms with Crippen molar-refractivity contribution in [3.8, 4) is 0 Å². The fourth-order valence-corrected chi connectivity index (χ4v) is 1.54. The van der Waals surface area contributed by atoms with Gasteiger partial charge in [-0.15, -0.1) is 0 Å². The van der Waals surface area contributed by atoms with Crippen LogP contribution in [0.3, 0.4) is 0 Å². The van der Waals surface area contributed by atoms with Gasteiger partial charge in [-0.3, -0.25) is 0 Å². The van der Waals surface area contributed by atoms with Crippen molar-refractivity contribution in [2.75, 3.05) is 13.1 Å². The molecule has 0 heterocycles. The lowest BCUT2D eigenvalue weighted by Crippen LogP contribution is -2.46. The molecule has 0 aliphatic carbocycles. The van der Waals surface area contributed by atoms with E-state index in [1.807, 2.05) is 13.8 Å². The molecule has 0 saturated heterocycles. The van der Waals surface area contributed by atoms with E-state index in [-0.39, 0.29) is 11.4 Å². The second-order valence-corrected chi connectivity index (χ2v) is 4.94. The highest BCUT2D eigenvalue weighted by Gasteiger charge is 2.13. The predicted octanol–water partition coefficient (Wildman–Crippen LogP) is 2.35. The second-order valence-electron chi connectivity index (χ2n) is 4.50. The number of hydrogen-bond donors (Lipinski definition) is 2. The molecule has 4 heteroatoms. The number of nitrogens with one attached hydrogen (secondary N) is 1. The molecule has 0 saturated carbocycles. The van der Waals surface area contributed by atoms with Crippen molar-refractivity contribution in [2.45, 2.75) is 25.8 Å². The van der Waals surface area contributed by atoms with Crippen LogP contribution in [0.15, 0.2) is 18.2 Å². The molecule has 0 atom stereocenters. The first-order valence-electron chi connectivity index (χ1n) is 5.33.